The topological polar surface area (TPSA) is 21.3 Å². The number of methoxy groups -OCH3 is 1. The number of ether oxygens (including phenoxy) is 1. The molecule has 1 N–H and O–H groups in total. The van der Waals surface area contributed by atoms with Gasteiger partial charge in [-0.2, -0.15) is 0 Å². The molecule has 2 aromatic carbocycles. The largest absolute Gasteiger partial charge is 0.495 e. The van der Waals surface area contributed by atoms with Crippen molar-refractivity contribution >= 4 is 33.2 Å². The summed E-state index contributed by atoms with van der Waals surface area (Å²) in [6.07, 6.45) is 0. The summed E-state index contributed by atoms with van der Waals surface area (Å²) in [4.78, 5) is 0. The minimum Gasteiger partial charge on any atom is -0.495 e. The van der Waals surface area contributed by atoms with E-state index in [1.165, 1.54) is 0 Å². The van der Waals surface area contributed by atoms with Crippen LogP contribution in [0.4, 0.5) is 5.69 Å². The maximum Gasteiger partial charge on any atom is 0.143 e. The second kappa shape index (κ2) is 6.12. The molecule has 0 aliphatic carbocycles. The summed E-state index contributed by atoms with van der Waals surface area (Å²) >= 11 is 9.36. The van der Waals surface area contributed by atoms with Crippen LogP contribution in [0.25, 0.3) is 0 Å². The fourth-order valence-electron chi connectivity index (χ4n) is 1.66. The molecule has 2 aromatic rings. The Labute approximate surface area is 120 Å². The number of hydrogen-bond acceptors (Lipinski definition) is 2. The van der Waals surface area contributed by atoms with E-state index in [0.717, 1.165) is 26.5 Å². The highest BCUT2D eigenvalue weighted by Gasteiger charge is 2.03. The van der Waals surface area contributed by atoms with Gasteiger partial charge < -0.3 is 10.1 Å². The Morgan fingerprint density at radius 3 is 2.78 bits per heavy atom. The molecule has 0 spiro atoms. The molecule has 0 bridgehead atoms. The SMILES string of the molecule is COc1cc(Br)ccc1NCc1cccc(Cl)c1. The van der Waals surface area contributed by atoms with Crippen molar-refractivity contribution in [1.29, 1.82) is 0 Å². The number of nitrogens with one attached hydrogen (secondary N) is 1. The Morgan fingerprint density at radius 2 is 2.06 bits per heavy atom. The Kier molecular flexibility index (Phi) is 4.50. The fraction of sp³-hybridized carbons (Fsp3) is 0.143. The molecule has 0 unspecified atom stereocenters. The lowest BCUT2D eigenvalue weighted by atomic mass is 10.2. The molecule has 0 aliphatic rings. The Morgan fingerprint density at radius 1 is 1.22 bits per heavy atom. The van der Waals surface area contributed by atoms with Gasteiger partial charge in [0.2, 0.25) is 0 Å². The van der Waals surface area contributed by atoms with E-state index in [1.54, 1.807) is 7.11 Å². The standard InChI is InChI=1S/C14H13BrClNO/c1-18-14-8-11(15)5-6-13(14)17-9-10-3-2-4-12(16)7-10/h2-8,17H,9H2,1H3. The highest BCUT2D eigenvalue weighted by Crippen LogP contribution is 2.28. The lowest BCUT2D eigenvalue weighted by Gasteiger charge is -2.11. The molecule has 0 aliphatic heterocycles. The predicted octanol–water partition coefficient (Wildman–Crippen LogP) is 4.72. The lowest BCUT2D eigenvalue weighted by Crippen LogP contribution is -2.01. The molecular formula is C14H13BrClNO. The average molecular weight is 327 g/mol. The van der Waals surface area contributed by atoms with Crippen molar-refractivity contribution in [3.8, 4) is 5.75 Å². The third-order valence-corrected chi connectivity index (χ3v) is 3.26. The van der Waals surface area contributed by atoms with Gasteiger partial charge in [0.25, 0.3) is 0 Å². The monoisotopic (exact) mass is 325 g/mol. The molecule has 0 saturated heterocycles. The van der Waals surface area contributed by atoms with Gasteiger partial charge in [-0.15, -0.1) is 0 Å². The first kappa shape index (κ1) is 13.2. The van der Waals surface area contributed by atoms with Gasteiger partial charge in [0.1, 0.15) is 5.75 Å². The molecule has 0 heterocycles. The molecule has 0 amide bonds. The second-order valence-electron chi connectivity index (χ2n) is 3.83. The summed E-state index contributed by atoms with van der Waals surface area (Å²) in [5.74, 6) is 0.811. The van der Waals surface area contributed by atoms with Crippen molar-refractivity contribution in [2.45, 2.75) is 6.54 Å². The zero-order chi connectivity index (χ0) is 13.0. The van der Waals surface area contributed by atoms with Crippen molar-refractivity contribution < 1.29 is 4.74 Å². The van der Waals surface area contributed by atoms with Crippen LogP contribution in [-0.2, 0) is 6.54 Å². The summed E-state index contributed by atoms with van der Waals surface area (Å²) in [5, 5.41) is 4.08. The number of anilines is 1. The first-order valence-electron chi connectivity index (χ1n) is 5.51. The van der Waals surface area contributed by atoms with Crippen molar-refractivity contribution in [3.63, 3.8) is 0 Å². The van der Waals surface area contributed by atoms with Gasteiger partial charge in [-0.1, -0.05) is 39.7 Å². The maximum atomic E-state index is 5.95. The summed E-state index contributed by atoms with van der Waals surface area (Å²) < 4.78 is 6.31. The van der Waals surface area contributed by atoms with Crippen LogP contribution in [0.15, 0.2) is 46.9 Å². The molecule has 0 aromatic heterocycles. The zero-order valence-corrected chi connectivity index (χ0v) is 12.3. The van der Waals surface area contributed by atoms with E-state index in [-0.39, 0.29) is 0 Å². The molecular weight excluding hydrogens is 314 g/mol. The maximum absolute atomic E-state index is 5.95. The van der Waals surface area contributed by atoms with Gasteiger partial charge in [0, 0.05) is 16.0 Å². The van der Waals surface area contributed by atoms with E-state index in [1.807, 2.05) is 42.5 Å². The van der Waals surface area contributed by atoms with Crippen LogP contribution < -0.4 is 10.1 Å². The van der Waals surface area contributed by atoms with Gasteiger partial charge in [0.15, 0.2) is 0 Å². The van der Waals surface area contributed by atoms with Crippen LogP contribution in [0, 0.1) is 0 Å². The molecule has 4 heteroatoms. The first-order chi connectivity index (χ1) is 8.69. The molecule has 0 saturated carbocycles. The van der Waals surface area contributed by atoms with Gasteiger partial charge in [0.05, 0.1) is 12.8 Å². The van der Waals surface area contributed by atoms with E-state index >= 15 is 0 Å². The fourth-order valence-corrected chi connectivity index (χ4v) is 2.21. The van der Waals surface area contributed by atoms with Crippen LogP contribution in [0.2, 0.25) is 5.02 Å². The van der Waals surface area contributed by atoms with Crippen molar-refractivity contribution in [1.82, 2.24) is 0 Å². The molecule has 2 nitrogen and oxygen atoms in total. The quantitative estimate of drug-likeness (QED) is 0.877. The summed E-state index contributed by atoms with van der Waals surface area (Å²) in [7, 11) is 1.66. The number of hydrogen-bond donors (Lipinski definition) is 1. The summed E-state index contributed by atoms with van der Waals surface area (Å²) in [5.41, 5.74) is 2.09. The predicted molar refractivity (Wildman–Crippen MR) is 79.5 cm³/mol. The van der Waals surface area contributed by atoms with Gasteiger partial charge >= 0.3 is 0 Å². The lowest BCUT2D eigenvalue weighted by molar-refractivity contribution is 0.416. The van der Waals surface area contributed by atoms with E-state index in [2.05, 4.69) is 21.2 Å². The second-order valence-corrected chi connectivity index (χ2v) is 5.18. The van der Waals surface area contributed by atoms with Crippen LogP contribution in [0.5, 0.6) is 5.75 Å². The first-order valence-corrected chi connectivity index (χ1v) is 6.68. The summed E-state index contributed by atoms with van der Waals surface area (Å²) in [6, 6.07) is 13.7. The third kappa shape index (κ3) is 3.40. The number of benzene rings is 2. The normalized spacial score (nSPS) is 10.2. The smallest absolute Gasteiger partial charge is 0.143 e. The van der Waals surface area contributed by atoms with Gasteiger partial charge in [-0.3, -0.25) is 0 Å². The van der Waals surface area contributed by atoms with Gasteiger partial charge in [-0.25, -0.2) is 0 Å². The molecule has 0 fully saturated rings. The zero-order valence-electron chi connectivity index (χ0n) is 9.91. The molecule has 0 radical (unpaired) electrons. The minimum atomic E-state index is 0.707. The van der Waals surface area contributed by atoms with Crippen LogP contribution in [0.3, 0.4) is 0 Å². The Bertz CT molecular complexity index is 545. The highest BCUT2D eigenvalue weighted by molar-refractivity contribution is 9.10. The van der Waals surface area contributed by atoms with Crippen LogP contribution in [-0.4, -0.2) is 7.11 Å². The molecule has 0 atom stereocenters. The molecule has 2 rings (SSSR count). The van der Waals surface area contributed by atoms with Crippen LogP contribution in [0.1, 0.15) is 5.56 Å². The van der Waals surface area contributed by atoms with E-state index < -0.39 is 0 Å². The van der Waals surface area contributed by atoms with Crippen molar-refractivity contribution in [2.75, 3.05) is 12.4 Å². The number of halogens is 2. The van der Waals surface area contributed by atoms with Crippen molar-refractivity contribution in [3.05, 3.63) is 57.5 Å². The number of rotatable bonds is 4. The Balaban J connectivity index is 2.10. The van der Waals surface area contributed by atoms with Gasteiger partial charge in [-0.05, 0) is 35.9 Å². The molecule has 94 valence electrons. The Hall–Kier alpha value is -1.19. The van der Waals surface area contributed by atoms with E-state index in [0.29, 0.717) is 6.54 Å². The van der Waals surface area contributed by atoms with Crippen LogP contribution >= 0.6 is 27.5 Å². The molecule has 18 heavy (non-hydrogen) atoms. The average Bonchev–Trinajstić information content (AvgIpc) is 2.37. The third-order valence-electron chi connectivity index (χ3n) is 2.54. The summed E-state index contributed by atoms with van der Waals surface area (Å²) in [6.45, 7) is 0.707. The van der Waals surface area contributed by atoms with Crippen molar-refractivity contribution in [2.24, 2.45) is 0 Å². The van der Waals surface area contributed by atoms with E-state index in [4.69, 9.17) is 16.3 Å². The highest BCUT2D eigenvalue weighted by atomic mass is 79.9. The van der Waals surface area contributed by atoms with E-state index in [9.17, 15) is 0 Å². The minimum absolute atomic E-state index is 0.707.